The standard InChI is InChI=1S/C14H18O10/c1-5(15)19-9-10(20-6(2)16)12-13(22-8(4)18)24-14(23-12)11(9)21-7(3)17/h9-14H,1-4H3/t9-,10-,11+,12-,13?,14-/m0/s1. The lowest BCUT2D eigenvalue weighted by Gasteiger charge is -2.38. The fourth-order valence-corrected chi connectivity index (χ4v) is 2.60. The summed E-state index contributed by atoms with van der Waals surface area (Å²) in [6.45, 7) is 4.61. The van der Waals surface area contributed by atoms with Crippen molar-refractivity contribution in [2.24, 2.45) is 0 Å². The lowest BCUT2D eigenvalue weighted by atomic mass is 9.99. The van der Waals surface area contributed by atoms with Gasteiger partial charge in [-0.3, -0.25) is 19.2 Å². The fourth-order valence-electron chi connectivity index (χ4n) is 2.60. The Kier molecular flexibility index (Phi) is 5.40. The van der Waals surface area contributed by atoms with Gasteiger partial charge >= 0.3 is 23.9 Å². The van der Waals surface area contributed by atoms with E-state index in [0.717, 1.165) is 20.8 Å². The van der Waals surface area contributed by atoms with E-state index in [4.69, 9.17) is 28.4 Å². The van der Waals surface area contributed by atoms with Gasteiger partial charge in [-0.15, -0.1) is 0 Å². The van der Waals surface area contributed by atoms with Gasteiger partial charge in [-0.05, 0) is 0 Å². The highest BCUT2D eigenvalue weighted by atomic mass is 16.8. The highest BCUT2D eigenvalue weighted by molar-refractivity contribution is 5.68. The first kappa shape index (κ1) is 18.1. The maximum atomic E-state index is 11.4. The second-order valence-corrected chi connectivity index (χ2v) is 5.31. The van der Waals surface area contributed by atoms with Gasteiger partial charge in [-0.1, -0.05) is 0 Å². The summed E-state index contributed by atoms with van der Waals surface area (Å²) >= 11 is 0. The molecule has 2 heterocycles. The molecular weight excluding hydrogens is 328 g/mol. The smallest absolute Gasteiger partial charge is 0.305 e. The average Bonchev–Trinajstić information content (AvgIpc) is 2.77. The van der Waals surface area contributed by atoms with Crippen LogP contribution in [0.5, 0.6) is 0 Å². The molecule has 2 aliphatic rings. The van der Waals surface area contributed by atoms with Crippen LogP contribution in [0.15, 0.2) is 0 Å². The minimum atomic E-state index is -1.20. The third-order valence-corrected chi connectivity index (χ3v) is 3.26. The van der Waals surface area contributed by atoms with Crippen molar-refractivity contribution in [3.05, 3.63) is 0 Å². The van der Waals surface area contributed by atoms with E-state index in [1.165, 1.54) is 6.92 Å². The molecule has 2 aliphatic heterocycles. The summed E-state index contributed by atoms with van der Waals surface area (Å²) in [6, 6.07) is 0. The molecule has 2 rings (SSSR count). The van der Waals surface area contributed by atoms with Crippen LogP contribution in [0.4, 0.5) is 0 Å². The molecule has 24 heavy (non-hydrogen) atoms. The van der Waals surface area contributed by atoms with Gasteiger partial charge in [0.05, 0.1) is 0 Å². The van der Waals surface area contributed by atoms with E-state index in [9.17, 15) is 19.2 Å². The molecule has 0 N–H and O–H groups in total. The molecular formula is C14H18O10. The third-order valence-electron chi connectivity index (χ3n) is 3.26. The van der Waals surface area contributed by atoms with Crippen LogP contribution in [-0.2, 0) is 47.6 Å². The largest absolute Gasteiger partial charge is 0.455 e. The minimum Gasteiger partial charge on any atom is -0.455 e. The zero-order valence-corrected chi connectivity index (χ0v) is 13.5. The molecule has 10 nitrogen and oxygen atoms in total. The Morgan fingerprint density at radius 3 is 1.58 bits per heavy atom. The van der Waals surface area contributed by atoms with Crippen molar-refractivity contribution < 1.29 is 47.6 Å². The molecule has 2 fully saturated rings. The van der Waals surface area contributed by atoms with Crippen LogP contribution in [0.1, 0.15) is 27.7 Å². The van der Waals surface area contributed by atoms with Crippen molar-refractivity contribution in [2.45, 2.75) is 64.7 Å². The van der Waals surface area contributed by atoms with Crippen molar-refractivity contribution in [2.75, 3.05) is 0 Å². The van der Waals surface area contributed by atoms with E-state index in [1.807, 2.05) is 0 Å². The van der Waals surface area contributed by atoms with Crippen LogP contribution >= 0.6 is 0 Å². The molecule has 0 aliphatic carbocycles. The lowest BCUT2D eigenvalue weighted by Crippen LogP contribution is -2.59. The van der Waals surface area contributed by atoms with Crippen LogP contribution in [0.2, 0.25) is 0 Å². The van der Waals surface area contributed by atoms with Crippen LogP contribution in [0.25, 0.3) is 0 Å². The Morgan fingerprint density at radius 1 is 0.625 bits per heavy atom. The Labute approximate surface area is 137 Å². The fraction of sp³-hybridized carbons (Fsp3) is 0.714. The van der Waals surface area contributed by atoms with Crippen LogP contribution in [0.3, 0.4) is 0 Å². The average molecular weight is 346 g/mol. The van der Waals surface area contributed by atoms with Crippen molar-refractivity contribution in [3.8, 4) is 0 Å². The predicted octanol–water partition coefficient (Wildman–Crippen LogP) is -0.574. The third kappa shape index (κ3) is 4.01. The summed E-state index contributed by atoms with van der Waals surface area (Å²) in [7, 11) is 0. The maximum absolute atomic E-state index is 11.4. The SMILES string of the molecule is CC(=O)OC1O[C@@H]2O[C@H]1[C@@H](OC(C)=O)[C@H](OC(C)=O)[C@H]2OC(C)=O. The van der Waals surface area contributed by atoms with Gasteiger partial charge in [-0.2, -0.15) is 0 Å². The summed E-state index contributed by atoms with van der Waals surface area (Å²) in [6.07, 6.45) is -6.90. The van der Waals surface area contributed by atoms with Crippen LogP contribution < -0.4 is 0 Å². The van der Waals surface area contributed by atoms with Gasteiger partial charge in [0.1, 0.15) is 0 Å². The molecule has 0 aromatic carbocycles. The Hall–Kier alpha value is -2.20. The minimum absolute atomic E-state index is 0.647. The van der Waals surface area contributed by atoms with E-state index in [-0.39, 0.29) is 0 Å². The molecule has 0 spiro atoms. The normalized spacial score (nSPS) is 34.2. The highest BCUT2D eigenvalue weighted by Crippen LogP contribution is 2.37. The number of fused-ring (bicyclic) bond motifs is 2. The predicted molar refractivity (Wildman–Crippen MR) is 72.0 cm³/mol. The summed E-state index contributed by atoms with van der Waals surface area (Å²) in [4.78, 5) is 45.3. The molecule has 134 valence electrons. The molecule has 0 aromatic rings. The first-order chi connectivity index (χ1) is 11.2. The number of hydrogen-bond donors (Lipinski definition) is 0. The maximum Gasteiger partial charge on any atom is 0.305 e. The molecule has 0 amide bonds. The number of rotatable bonds is 4. The topological polar surface area (TPSA) is 124 Å². The van der Waals surface area contributed by atoms with E-state index in [2.05, 4.69) is 0 Å². The lowest BCUT2D eigenvalue weighted by molar-refractivity contribution is -0.250. The molecule has 6 atom stereocenters. The molecule has 2 saturated heterocycles. The highest BCUT2D eigenvalue weighted by Gasteiger charge is 2.61. The Bertz CT molecular complexity index is 544. The molecule has 2 bridgehead atoms. The van der Waals surface area contributed by atoms with Crippen LogP contribution in [-0.4, -0.2) is 60.9 Å². The molecule has 1 unspecified atom stereocenters. The zero-order valence-electron chi connectivity index (χ0n) is 13.5. The van der Waals surface area contributed by atoms with E-state index in [1.54, 1.807) is 0 Å². The number of hydrogen-bond acceptors (Lipinski definition) is 10. The van der Waals surface area contributed by atoms with E-state index >= 15 is 0 Å². The summed E-state index contributed by atoms with van der Waals surface area (Å²) in [5.41, 5.74) is 0. The first-order valence-corrected chi connectivity index (χ1v) is 7.19. The number of ether oxygens (including phenoxy) is 6. The van der Waals surface area contributed by atoms with Gasteiger partial charge in [0.25, 0.3) is 0 Å². The second-order valence-electron chi connectivity index (χ2n) is 5.31. The van der Waals surface area contributed by atoms with Gasteiger partial charge in [0, 0.05) is 27.7 Å². The second kappa shape index (κ2) is 7.14. The van der Waals surface area contributed by atoms with E-state index < -0.39 is 60.9 Å². The summed E-state index contributed by atoms with van der Waals surface area (Å²) < 4.78 is 31.3. The quantitative estimate of drug-likeness (QED) is 0.482. The van der Waals surface area contributed by atoms with Crippen molar-refractivity contribution in [1.82, 2.24) is 0 Å². The van der Waals surface area contributed by atoms with Crippen molar-refractivity contribution in [3.63, 3.8) is 0 Å². The zero-order chi connectivity index (χ0) is 18.0. The monoisotopic (exact) mass is 346 g/mol. The van der Waals surface area contributed by atoms with Crippen LogP contribution in [0, 0.1) is 0 Å². The molecule has 10 heteroatoms. The number of carbonyl (C=O) groups is 4. The van der Waals surface area contributed by atoms with Crippen molar-refractivity contribution in [1.29, 1.82) is 0 Å². The molecule has 0 saturated carbocycles. The number of esters is 4. The van der Waals surface area contributed by atoms with Gasteiger partial charge in [0.2, 0.25) is 12.6 Å². The number of carbonyl (C=O) groups excluding carboxylic acids is 4. The molecule has 0 radical (unpaired) electrons. The Balaban J connectivity index is 2.34. The Morgan fingerprint density at radius 2 is 1.08 bits per heavy atom. The summed E-state index contributed by atoms with van der Waals surface area (Å²) in [5, 5.41) is 0. The van der Waals surface area contributed by atoms with E-state index in [0.29, 0.717) is 0 Å². The van der Waals surface area contributed by atoms with Crippen molar-refractivity contribution >= 4 is 23.9 Å². The summed E-state index contributed by atoms with van der Waals surface area (Å²) in [5.74, 6) is -2.69. The molecule has 0 aromatic heterocycles. The van der Waals surface area contributed by atoms with Gasteiger partial charge in [0.15, 0.2) is 24.4 Å². The van der Waals surface area contributed by atoms with Gasteiger partial charge < -0.3 is 28.4 Å². The van der Waals surface area contributed by atoms with Gasteiger partial charge in [-0.25, -0.2) is 0 Å². The first-order valence-electron chi connectivity index (χ1n) is 7.19.